The van der Waals surface area contributed by atoms with E-state index in [-0.39, 0.29) is 11.9 Å². The molecule has 2 heterocycles. The van der Waals surface area contributed by atoms with Crippen LogP contribution in [0.3, 0.4) is 0 Å². The number of halogens is 2. The molecule has 5 nitrogen and oxygen atoms in total. The quantitative estimate of drug-likeness (QED) is 0.890. The lowest BCUT2D eigenvalue weighted by atomic mass is 9.94. The number of aromatic nitrogens is 2. The summed E-state index contributed by atoms with van der Waals surface area (Å²) in [6.45, 7) is 3.46. The van der Waals surface area contributed by atoms with Crippen molar-refractivity contribution in [1.82, 2.24) is 20.4 Å². The lowest BCUT2D eigenvalue weighted by molar-refractivity contribution is 0.180. The number of carbonyl (C=O) groups excluding carboxylic acids is 1. The fourth-order valence-corrected chi connectivity index (χ4v) is 3.25. The second kappa shape index (κ2) is 7.63. The molecular formula is C18H22F2N4O. The van der Waals surface area contributed by atoms with Crippen molar-refractivity contribution in [3.05, 3.63) is 53.4 Å². The summed E-state index contributed by atoms with van der Waals surface area (Å²) in [5.41, 5.74) is 1.51. The average Bonchev–Trinajstić information content (AvgIpc) is 3.14. The molecule has 0 radical (unpaired) electrons. The van der Waals surface area contributed by atoms with E-state index in [4.69, 9.17) is 0 Å². The van der Waals surface area contributed by atoms with Gasteiger partial charge in [-0.1, -0.05) is 13.0 Å². The number of rotatable bonds is 4. The Hall–Kier alpha value is -2.44. The summed E-state index contributed by atoms with van der Waals surface area (Å²) < 4.78 is 26.8. The minimum absolute atomic E-state index is 0.141. The van der Waals surface area contributed by atoms with E-state index < -0.39 is 11.6 Å². The molecule has 134 valence electrons. The Balaban J connectivity index is 1.48. The number of nitrogens with zero attached hydrogens (tertiary/aromatic N) is 2. The predicted octanol–water partition coefficient (Wildman–Crippen LogP) is 3.38. The van der Waals surface area contributed by atoms with Crippen LogP contribution < -0.4 is 5.32 Å². The van der Waals surface area contributed by atoms with Crippen molar-refractivity contribution in [2.45, 2.75) is 31.6 Å². The third kappa shape index (κ3) is 4.15. The molecule has 0 bridgehead atoms. The normalized spacial score (nSPS) is 16.7. The van der Waals surface area contributed by atoms with Crippen LogP contribution in [0.15, 0.2) is 30.5 Å². The van der Waals surface area contributed by atoms with Crippen LogP contribution in [-0.4, -0.2) is 40.8 Å². The molecule has 0 spiro atoms. The van der Waals surface area contributed by atoms with E-state index in [1.807, 2.05) is 6.07 Å². The number of carbonyl (C=O) groups is 1. The molecule has 2 aromatic rings. The Morgan fingerprint density at radius 2 is 2.12 bits per heavy atom. The molecule has 2 N–H and O–H groups in total. The van der Waals surface area contributed by atoms with E-state index in [9.17, 15) is 13.6 Å². The van der Waals surface area contributed by atoms with E-state index >= 15 is 0 Å². The molecule has 1 saturated heterocycles. The summed E-state index contributed by atoms with van der Waals surface area (Å²) in [5, 5.41) is 9.81. The highest BCUT2D eigenvalue weighted by Gasteiger charge is 2.24. The van der Waals surface area contributed by atoms with Crippen molar-refractivity contribution < 1.29 is 13.6 Å². The van der Waals surface area contributed by atoms with Crippen LogP contribution in [0.2, 0.25) is 0 Å². The van der Waals surface area contributed by atoms with Gasteiger partial charge in [0.05, 0.1) is 0 Å². The van der Waals surface area contributed by atoms with Crippen molar-refractivity contribution in [1.29, 1.82) is 0 Å². The van der Waals surface area contributed by atoms with E-state index in [1.165, 1.54) is 12.1 Å². The van der Waals surface area contributed by atoms with Gasteiger partial charge in [0, 0.05) is 49.4 Å². The number of urea groups is 1. The van der Waals surface area contributed by atoms with Crippen LogP contribution >= 0.6 is 0 Å². The van der Waals surface area contributed by atoms with Gasteiger partial charge in [0.1, 0.15) is 11.6 Å². The van der Waals surface area contributed by atoms with Crippen molar-refractivity contribution in [2.24, 2.45) is 0 Å². The number of nitrogens with one attached hydrogen (secondary N) is 2. The Bertz CT molecular complexity index is 712. The minimum Gasteiger partial charge on any atom is -0.337 e. The summed E-state index contributed by atoms with van der Waals surface area (Å²) >= 11 is 0. The van der Waals surface area contributed by atoms with Crippen LogP contribution in [0.25, 0.3) is 0 Å². The molecule has 1 aromatic carbocycles. The van der Waals surface area contributed by atoms with Gasteiger partial charge < -0.3 is 10.2 Å². The number of hydrogen-bond acceptors (Lipinski definition) is 2. The molecule has 1 aliphatic rings. The number of hydrogen-bond donors (Lipinski definition) is 2. The SMILES string of the molecule is C[C@H](CNC(=O)N1CCC(c2ccn[nH]2)CC1)c1ccc(F)cc1F. The zero-order valence-corrected chi connectivity index (χ0v) is 14.1. The van der Waals surface area contributed by atoms with Crippen LogP contribution in [0.1, 0.15) is 42.9 Å². The number of piperidine rings is 1. The first kappa shape index (κ1) is 17.4. The maximum absolute atomic E-state index is 13.8. The predicted molar refractivity (Wildman–Crippen MR) is 90.3 cm³/mol. The standard InChI is InChI=1S/C18H22F2N4O/c1-12(15-3-2-14(19)10-16(15)20)11-21-18(25)24-8-5-13(6-9-24)17-4-7-22-23-17/h2-4,7,10,12-13H,5-6,8-9,11H2,1H3,(H,21,25)(H,22,23)/t12-/m1/s1. The molecule has 0 aliphatic carbocycles. The van der Waals surface area contributed by atoms with Gasteiger partial charge in [0.15, 0.2) is 0 Å². The van der Waals surface area contributed by atoms with Gasteiger partial charge in [-0.3, -0.25) is 5.10 Å². The smallest absolute Gasteiger partial charge is 0.317 e. The maximum Gasteiger partial charge on any atom is 0.317 e. The van der Waals surface area contributed by atoms with Crippen molar-refractivity contribution >= 4 is 6.03 Å². The molecule has 25 heavy (non-hydrogen) atoms. The first-order valence-electron chi connectivity index (χ1n) is 8.51. The average molecular weight is 348 g/mol. The van der Waals surface area contributed by atoms with Gasteiger partial charge >= 0.3 is 6.03 Å². The van der Waals surface area contributed by atoms with E-state index in [0.717, 1.165) is 24.6 Å². The summed E-state index contributed by atoms with van der Waals surface area (Å²) in [7, 11) is 0. The van der Waals surface area contributed by atoms with Gasteiger partial charge in [-0.05, 0) is 30.5 Å². The maximum atomic E-state index is 13.8. The summed E-state index contributed by atoms with van der Waals surface area (Å²) in [4.78, 5) is 14.1. The fraction of sp³-hybridized carbons (Fsp3) is 0.444. The van der Waals surface area contributed by atoms with Crippen molar-refractivity contribution in [3.63, 3.8) is 0 Å². The number of aromatic amines is 1. The number of benzene rings is 1. The van der Waals surface area contributed by atoms with E-state index in [2.05, 4.69) is 15.5 Å². The Morgan fingerprint density at radius 1 is 1.36 bits per heavy atom. The third-order valence-electron chi connectivity index (χ3n) is 4.80. The highest BCUT2D eigenvalue weighted by atomic mass is 19.1. The molecule has 2 amide bonds. The Labute approximate surface area is 145 Å². The summed E-state index contributed by atoms with van der Waals surface area (Å²) in [6, 6.07) is 5.36. The zero-order chi connectivity index (χ0) is 17.8. The van der Waals surface area contributed by atoms with Gasteiger partial charge in [-0.15, -0.1) is 0 Å². The van der Waals surface area contributed by atoms with Crippen LogP contribution in [-0.2, 0) is 0 Å². The molecule has 1 fully saturated rings. The molecule has 7 heteroatoms. The van der Waals surface area contributed by atoms with Gasteiger partial charge in [-0.2, -0.15) is 5.10 Å². The highest BCUT2D eigenvalue weighted by molar-refractivity contribution is 5.74. The second-order valence-corrected chi connectivity index (χ2v) is 6.53. The number of amides is 2. The first-order chi connectivity index (χ1) is 12.0. The largest absolute Gasteiger partial charge is 0.337 e. The Kier molecular flexibility index (Phi) is 5.31. The second-order valence-electron chi connectivity index (χ2n) is 6.53. The van der Waals surface area contributed by atoms with Crippen molar-refractivity contribution in [3.8, 4) is 0 Å². The van der Waals surface area contributed by atoms with Gasteiger partial charge in [0.2, 0.25) is 0 Å². The molecule has 0 unspecified atom stereocenters. The van der Waals surface area contributed by atoms with Gasteiger partial charge in [0.25, 0.3) is 0 Å². The molecule has 1 aromatic heterocycles. The fourth-order valence-electron chi connectivity index (χ4n) is 3.25. The minimum atomic E-state index is -0.599. The molecule has 3 rings (SSSR count). The lowest BCUT2D eigenvalue weighted by Gasteiger charge is -2.31. The highest BCUT2D eigenvalue weighted by Crippen LogP contribution is 2.26. The Morgan fingerprint density at radius 3 is 2.76 bits per heavy atom. The van der Waals surface area contributed by atoms with E-state index in [1.54, 1.807) is 18.0 Å². The summed E-state index contributed by atoms with van der Waals surface area (Å²) in [6.07, 6.45) is 3.51. The first-order valence-corrected chi connectivity index (χ1v) is 8.51. The topological polar surface area (TPSA) is 61.0 Å². The van der Waals surface area contributed by atoms with Crippen molar-refractivity contribution in [2.75, 3.05) is 19.6 Å². The number of likely N-dealkylation sites (tertiary alicyclic amines) is 1. The van der Waals surface area contributed by atoms with Crippen LogP contribution in [0, 0.1) is 11.6 Å². The third-order valence-corrected chi connectivity index (χ3v) is 4.80. The molecule has 1 atom stereocenters. The lowest BCUT2D eigenvalue weighted by Crippen LogP contribution is -2.45. The molecule has 1 aliphatic heterocycles. The monoisotopic (exact) mass is 348 g/mol. The summed E-state index contributed by atoms with van der Waals surface area (Å²) in [5.74, 6) is -1.01. The molecule has 0 saturated carbocycles. The van der Waals surface area contributed by atoms with E-state index in [0.29, 0.717) is 31.1 Å². The van der Waals surface area contributed by atoms with Gasteiger partial charge in [-0.25, -0.2) is 13.6 Å². The van der Waals surface area contributed by atoms with Crippen LogP contribution in [0.4, 0.5) is 13.6 Å². The number of H-pyrrole nitrogens is 1. The van der Waals surface area contributed by atoms with Crippen LogP contribution in [0.5, 0.6) is 0 Å². The zero-order valence-electron chi connectivity index (χ0n) is 14.1. The molecular weight excluding hydrogens is 326 g/mol.